The molecule has 0 fully saturated rings. The molecule has 1 rings (SSSR count). The highest BCUT2D eigenvalue weighted by molar-refractivity contribution is 5.90. The van der Waals surface area contributed by atoms with Gasteiger partial charge in [-0.15, -0.1) is 0 Å². The number of hydrogen-bond donors (Lipinski definition) is 1. The van der Waals surface area contributed by atoms with Gasteiger partial charge in [0.05, 0.1) is 19.9 Å². The zero-order valence-electron chi connectivity index (χ0n) is 12.0. The molecule has 0 bridgehead atoms. The van der Waals surface area contributed by atoms with Crippen molar-refractivity contribution in [2.24, 2.45) is 0 Å². The summed E-state index contributed by atoms with van der Waals surface area (Å²) in [6.07, 6.45) is 0.852. The van der Waals surface area contributed by atoms with Crippen LogP contribution in [0.25, 0.3) is 0 Å². The standard InChI is InChI=1S/C14H20N2O4/c1-16(10-6-9-13(17)20-3)14(18)15-11-7-4-5-8-12(11)19-2/h4-5,7-8H,6,9-10H2,1-3H3,(H,15,18). The van der Waals surface area contributed by atoms with Crippen LogP contribution in [-0.2, 0) is 9.53 Å². The normalized spacial score (nSPS) is 9.75. The van der Waals surface area contributed by atoms with Crippen molar-refractivity contribution in [3.63, 3.8) is 0 Å². The molecule has 1 N–H and O–H groups in total. The first-order valence-corrected chi connectivity index (χ1v) is 6.30. The first-order chi connectivity index (χ1) is 9.58. The Hall–Kier alpha value is -2.24. The fourth-order valence-corrected chi connectivity index (χ4v) is 1.62. The fourth-order valence-electron chi connectivity index (χ4n) is 1.62. The van der Waals surface area contributed by atoms with Crippen molar-refractivity contribution in [1.29, 1.82) is 0 Å². The molecule has 0 atom stereocenters. The number of nitrogens with one attached hydrogen (secondary N) is 1. The lowest BCUT2D eigenvalue weighted by molar-refractivity contribution is -0.140. The predicted molar refractivity (Wildman–Crippen MR) is 75.9 cm³/mol. The summed E-state index contributed by atoms with van der Waals surface area (Å²) in [4.78, 5) is 24.5. The minimum absolute atomic E-state index is 0.251. The number of anilines is 1. The summed E-state index contributed by atoms with van der Waals surface area (Å²) in [5.74, 6) is 0.326. The molecule has 0 saturated heterocycles. The number of hydrogen-bond acceptors (Lipinski definition) is 4. The van der Waals surface area contributed by atoms with Crippen LogP contribution in [0.1, 0.15) is 12.8 Å². The SMILES string of the molecule is COC(=O)CCCN(C)C(=O)Nc1ccccc1OC. The summed E-state index contributed by atoms with van der Waals surface area (Å²) in [5.41, 5.74) is 0.611. The van der Waals surface area contributed by atoms with E-state index in [0.717, 1.165) is 0 Å². The number of rotatable bonds is 6. The Morgan fingerprint density at radius 3 is 2.60 bits per heavy atom. The third-order valence-electron chi connectivity index (χ3n) is 2.80. The summed E-state index contributed by atoms with van der Waals surface area (Å²) < 4.78 is 9.70. The van der Waals surface area contributed by atoms with Gasteiger partial charge in [-0.25, -0.2) is 4.79 Å². The molecule has 0 aliphatic carbocycles. The minimum atomic E-state index is -0.275. The Balaban J connectivity index is 2.47. The molecule has 0 spiro atoms. The molecule has 0 aliphatic heterocycles. The van der Waals surface area contributed by atoms with Crippen LogP contribution < -0.4 is 10.1 Å². The van der Waals surface area contributed by atoms with Gasteiger partial charge in [0.15, 0.2) is 0 Å². The van der Waals surface area contributed by atoms with Crippen molar-refractivity contribution in [2.45, 2.75) is 12.8 Å². The molecule has 0 aromatic heterocycles. The topological polar surface area (TPSA) is 67.9 Å². The number of esters is 1. The Morgan fingerprint density at radius 1 is 1.25 bits per heavy atom. The molecule has 0 heterocycles. The van der Waals surface area contributed by atoms with E-state index in [1.165, 1.54) is 12.0 Å². The molecule has 110 valence electrons. The van der Waals surface area contributed by atoms with Gasteiger partial charge in [0.1, 0.15) is 5.75 Å². The maximum absolute atomic E-state index is 12.0. The van der Waals surface area contributed by atoms with E-state index < -0.39 is 0 Å². The van der Waals surface area contributed by atoms with Gasteiger partial charge in [0, 0.05) is 20.0 Å². The Morgan fingerprint density at radius 2 is 1.95 bits per heavy atom. The summed E-state index contributed by atoms with van der Waals surface area (Å²) in [5, 5.41) is 2.76. The molecule has 20 heavy (non-hydrogen) atoms. The van der Waals surface area contributed by atoms with E-state index in [1.807, 2.05) is 12.1 Å². The molecule has 6 heteroatoms. The first kappa shape index (κ1) is 15.8. The monoisotopic (exact) mass is 280 g/mol. The highest BCUT2D eigenvalue weighted by Gasteiger charge is 2.11. The highest BCUT2D eigenvalue weighted by atomic mass is 16.5. The molecular weight excluding hydrogens is 260 g/mol. The van der Waals surface area contributed by atoms with Gasteiger partial charge < -0.3 is 19.7 Å². The van der Waals surface area contributed by atoms with E-state index in [-0.39, 0.29) is 12.0 Å². The van der Waals surface area contributed by atoms with Gasteiger partial charge in [-0.1, -0.05) is 12.1 Å². The number of carbonyl (C=O) groups is 2. The maximum atomic E-state index is 12.0. The molecule has 6 nitrogen and oxygen atoms in total. The van der Waals surface area contributed by atoms with Crippen LogP contribution in [0.3, 0.4) is 0 Å². The van der Waals surface area contributed by atoms with E-state index in [2.05, 4.69) is 10.1 Å². The van der Waals surface area contributed by atoms with Gasteiger partial charge in [-0.2, -0.15) is 0 Å². The quantitative estimate of drug-likeness (QED) is 0.810. The minimum Gasteiger partial charge on any atom is -0.495 e. The number of carbonyl (C=O) groups excluding carboxylic acids is 2. The van der Waals surface area contributed by atoms with Crippen LogP contribution in [0.4, 0.5) is 10.5 Å². The lowest BCUT2D eigenvalue weighted by Crippen LogP contribution is -2.32. The molecule has 2 amide bonds. The van der Waals surface area contributed by atoms with Crippen LogP contribution in [0, 0.1) is 0 Å². The second-order valence-corrected chi connectivity index (χ2v) is 4.23. The van der Waals surface area contributed by atoms with Crippen LogP contribution in [0.2, 0.25) is 0 Å². The molecule has 0 unspecified atom stereocenters. The van der Waals surface area contributed by atoms with E-state index in [1.54, 1.807) is 26.3 Å². The lowest BCUT2D eigenvalue weighted by atomic mass is 10.3. The second-order valence-electron chi connectivity index (χ2n) is 4.23. The van der Waals surface area contributed by atoms with Gasteiger partial charge in [-0.05, 0) is 18.6 Å². The predicted octanol–water partition coefficient (Wildman–Crippen LogP) is 2.11. The van der Waals surface area contributed by atoms with Gasteiger partial charge in [0.25, 0.3) is 0 Å². The van der Waals surface area contributed by atoms with Crippen LogP contribution >= 0.6 is 0 Å². The summed E-state index contributed by atoms with van der Waals surface area (Å²) >= 11 is 0. The van der Waals surface area contributed by atoms with Crippen molar-refractivity contribution in [2.75, 3.05) is 33.1 Å². The third kappa shape index (κ3) is 4.79. The first-order valence-electron chi connectivity index (χ1n) is 6.30. The van der Waals surface area contributed by atoms with Gasteiger partial charge >= 0.3 is 12.0 Å². The Bertz CT molecular complexity index is 462. The number of methoxy groups -OCH3 is 2. The number of benzene rings is 1. The summed E-state index contributed by atoms with van der Waals surface area (Å²) in [6.45, 7) is 0.468. The van der Waals surface area contributed by atoms with E-state index in [4.69, 9.17) is 4.74 Å². The molecule has 1 aromatic carbocycles. The zero-order valence-corrected chi connectivity index (χ0v) is 12.0. The molecule has 0 saturated carbocycles. The molecule has 0 radical (unpaired) electrons. The van der Waals surface area contributed by atoms with Crippen molar-refractivity contribution in [3.05, 3.63) is 24.3 Å². The third-order valence-corrected chi connectivity index (χ3v) is 2.80. The number of amides is 2. The van der Waals surface area contributed by atoms with E-state index >= 15 is 0 Å². The number of nitrogens with zero attached hydrogens (tertiary/aromatic N) is 1. The van der Waals surface area contributed by atoms with Gasteiger partial charge in [0.2, 0.25) is 0 Å². The number of ether oxygens (including phenoxy) is 2. The number of urea groups is 1. The van der Waals surface area contributed by atoms with E-state index in [0.29, 0.717) is 30.8 Å². The van der Waals surface area contributed by atoms with Crippen molar-refractivity contribution >= 4 is 17.7 Å². The largest absolute Gasteiger partial charge is 0.495 e. The molecule has 1 aromatic rings. The van der Waals surface area contributed by atoms with Crippen molar-refractivity contribution in [1.82, 2.24) is 4.90 Å². The van der Waals surface area contributed by atoms with E-state index in [9.17, 15) is 9.59 Å². The van der Waals surface area contributed by atoms with Crippen LogP contribution in [-0.4, -0.2) is 44.7 Å². The van der Waals surface area contributed by atoms with Gasteiger partial charge in [-0.3, -0.25) is 4.79 Å². The fraction of sp³-hybridized carbons (Fsp3) is 0.429. The molecular formula is C14H20N2O4. The summed E-state index contributed by atoms with van der Waals surface area (Å²) in [7, 11) is 4.56. The smallest absolute Gasteiger partial charge is 0.321 e. The second kappa shape index (κ2) is 8.04. The maximum Gasteiger partial charge on any atom is 0.321 e. The molecule has 0 aliphatic rings. The number of para-hydroxylation sites is 2. The van der Waals surface area contributed by atoms with Crippen LogP contribution in [0.15, 0.2) is 24.3 Å². The van der Waals surface area contributed by atoms with Crippen molar-refractivity contribution < 1.29 is 19.1 Å². The zero-order chi connectivity index (χ0) is 15.0. The Labute approximate surface area is 118 Å². The lowest BCUT2D eigenvalue weighted by Gasteiger charge is -2.18. The average molecular weight is 280 g/mol. The average Bonchev–Trinajstić information content (AvgIpc) is 2.47. The van der Waals surface area contributed by atoms with Crippen molar-refractivity contribution in [3.8, 4) is 5.75 Å². The highest BCUT2D eigenvalue weighted by Crippen LogP contribution is 2.23. The Kier molecular flexibility index (Phi) is 6.36. The summed E-state index contributed by atoms with van der Waals surface area (Å²) in [6, 6.07) is 6.93. The van der Waals surface area contributed by atoms with Crippen LogP contribution in [0.5, 0.6) is 5.75 Å².